The number of H-pyrrole nitrogens is 1. The lowest BCUT2D eigenvalue weighted by Crippen LogP contribution is -2.29. The highest BCUT2D eigenvalue weighted by atomic mass is 35.5. The van der Waals surface area contributed by atoms with E-state index in [2.05, 4.69) is 15.5 Å². The first kappa shape index (κ1) is 17.3. The maximum Gasteiger partial charge on any atom is 0.254 e. The number of aromatic amines is 1. The molecule has 1 atom stereocenters. The topological polar surface area (TPSA) is 80.1 Å². The normalized spacial score (nSPS) is 12.3. The van der Waals surface area contributed by atoms with Gasteiger partial charge in [-0.15, -0.1) is 0 Å². The zero-order valence-electron chi connectivity index (χ0n) is 13.7. The number of nitrogens with one attached hydrogen (secondary N) is 2. The minimum Gasteiger partial charge on any atom is -0.484 e. The third-order valence-corrected chi connectivity index (χ3v) is 3.89. The highest BCUT2D eigenvalue weighted by Crippen LogP contribution is 2.31. The lowest BCUT2D eigenvalue weighted by molar-refractivity contribution is -0.125. The third kappa shape index (κ3) is 4.11. The minimum atomic E-state index is -1.54. The standard InChI is InChI=1S/C17H17ClFN3O3/c1-9-3-13(25-22-9)8-24-16-6-15-11(5-14(16)18)4-12(21-15)7-20-17(23)10(2)19/h3-6,10,21H,7-8H2,1-2H3,(H,20,23)/t10-/m1/s1. The Kier molecular flexibility index (Phi) is 4.94. The predicted molar refractivity (Wildman–Crippen MR) is 91.3 cm³/mol. The summed E-state index contributed by atoms with van der Waals surface area (Å²) in [7, 11) is 0. The van der Waals surface area contributed by atoms with Crippen LogP contribution in [0.5, 0.6) is 5.75 Å². The second-order valence-electron chi connectivity index (χ2n) is 5.72. The van der Waals surface area contributed by atoms with Crippen LogP contribution in [0, 0.1) is 6.92 Å². The third-order valence-electron chi connectivity index (χ3n) is 3.59. The van der Waals surface area contributed by atoms with Crippen molar-refractivity contribution in [1.29, 1.82) is 0 Å². The highest BCUT2D eigenvalue weighted by molar-refractivity contribution is 6.32. The summed E-state index contributed by atoms with van der Waals surface area (Å²) in [6.45, 7) is 3.44. The molecule has 2 heterocycles. The van der Waals surface area contributed by atoms with Gasteiger partial charge in [-0.3, -0.25) is 4.79 Å². The van der Waals surface area contributed by atoms with Gasteiger partial charge in [0.2, 0.25) is 0 Å². The van der Waals surface area contributed by atoms with Crippen LogP contribution in [0.4, 0.5) is 4.39 Å². The predicted octanol–water partition coefficient (Wildman–Crippen LogP) is 3.67. The summed E-state index contributed by atoms with van der Waals surface area (Å²) in [5.41, 5.74) is 2.31. The molecule has 132 valence electrons. The molecule has 0 aliphatic rings. The number of halogens is 2. The van der Waals surface area contributed by atoms with Crippen LogP contribution >= 0.6 is 11.6 Å². The number of fused-ring (bicyclic) bond motifs is 1. The zero-order valence-corrected chi connectivity index (χ0v) is 14.5. The summed E-state index contributed by atoms with van der Waals surface area (Å²) in [4.78, 5) is 14.5. The number of carbonyl (C=O) groups is 1. The molecule has 0 bridgehead atoms. The van der Waals surface area contributed by atoms with Crippen molar-refractivity contribution < 1.29 is 18.4 Å². The molecule has 1 aromatic carbocycles. The average Bonchev–Trinajstić information content (AvgIpc) is 3.15. The first-order valence-electron chi connectivity index (χ1n) is 7.70. The molecule has 3 aromatic rings. The van der Waals surface area contributed by atoms with Gasteiger partial charge in [-0.2, -0.15) is 0 Å². The second kappa shape index (κ2) is 7.14. The van der Waals surface area contributed by atoms with E-state index in [9.17, 15) is 9.18 Å². The number of rotatable bonds is 6. The molecular weight excluding hydrogens is 349 g/mol. The number of nitrogens with zero attached hydrogens (tertiary/aromatic N) is 1. The van der Waals surface area contributed by atoms with E-state index >= 15 is 0 Å². The Hall–Kier alpha value is -2.54. The number of amides is 1. The lowest BCUT2D eigenvalue weighted by atomic mass is 10.2. The van der Waals surface area contributed by atoms with Gasteiger partial charge >= 0.3 is 0 Å². The number of carbonyl (C=O) groups excluding carboxylic acids is 1. The van der Waals surface area contributed by atoms with Gasteiger partial charge in [0.15, 0.2) is 11.9 Å². The van der Waals surface area contributed by atoms with E-state index in [1.54, 1.807) is 18.2 Å². The van der Waals surface area contributed by atoms with Crippen LogP contribution in [0.25, 0.3) is 10.9 Å². The van der Waals surface area contributed by atoms with Crippen LogP contribution in [0.15, 0.2) is 28.8 Å². The summed E-state index contributed by atoms with van der Waals surface area (Å²) in [5.74, 6) is 0.449. The number of ether oxygens (including phenoxy) is 1. The summed E-state index contributed by atoms with van der Waals surface area (Å²) in [6, 6.07) is 7.16. The molecule has 0 aliphatic heterocycles. The molecule has 1 amide bonds. The summed E-state index contributed by atoms with van der Waals surface area (Å²) >= 11 is 6.25. The molecule has 0 aliphatic carbocycles. The fourth-order valence-electron chi connectivity index (χ4n) is 2.36. The molecule has 3 rings (SSSR count). The minimum absolute atomic E-state index is 0.201. The Morgan fingerprint density at radius 3 is 2.92 bits per heavy atom. The lowest BCUT2D eigenvalue weighted by Gasteiger charge is -2.06. The fraction of sp³-hybridized carbons (Fsp3) is 0.294. The van der Waals surface area contributed by atoms with Gasteiger partial charge in [-0.25, -0.2) is 4.39 Å². The number of aryl methyl sites for hydroxylation is 1. The summed E-state index contributed by atoms with van der Waals surface area (Å²) in [5, 5.41) is 7.63. The van der Waals surface area contributed by atoms with E-state index in [0.29, 0.717) is 16.5 Å². The van der Waals surface area contributed by atoms with Crippen LogP contribution in [0.3, 0.4) is 0 Å². The Balaban J connectivity index is 1.72. The Morgan fingerprint density at radius 1 is 1.44 bits per heavy atom. The molecule has 2 N–H and O–H groups in total. The van der Waals surface area contributed by atoms with Gasteiger partial charge < -0.3 is 19.6 Å². The smallest absolute Gasteiger partial charge is 0.254 e. The van der Waals surface area contributed by atoms with Gasteiger partial charge in [0.25, 0.3) is 5.91 Å². The van der Waals surface area contributed by atoms with Gasteiger partial charge in [-0.1, -0.05) is 16.8 Å². The van der Waals surface area contributed by atoms with E-state index in [1.807, 2.05) is 13.0 Å². The van der Waals surface area contributed by atoms with Crippen LogP contribution in [-0.4, -0.2) is 22.2 Å². The quantitative estimate of drug-likeness (QED) is 0.698. The molecular formula is C17H17ClFN3O3. The average molecular weight is 366 g/mol. The monoisotopic (exact) mass is 365 g/mol. The van der Waals surface area contributed by atoms with Crippen molar-refractivity contribution in [3.05, 3.63) is 46.4 Å². The maximum atomic E-state index is 12.9. The van der Waals surface area contributed by atoms with Gasteiger partial charge in [0, 0.05) is 28.7 Å². The van der Waals surface area contributed by atoms with Crippen molar-refractivity contribution in [3.8, 4) is 5.75 Å². The van der Waals surface area contributed by atoms with E-state index in [-0.39, 0.29) is 13.2 Å². The van der Waals surface area contributed by atoms with E-state index in [1.165, 1.54) is 6.92 Å². The summed E-state index contributed by atoms with van der Waals surface area (Å²) < 4.78 is 23.6. The van der Waals surface area contributed by atoms with Gasteiger partial charge in [0.1, 0.15) is 12.4 Å². The maximum absolute atomic E-state index is 12.9. The van der Waals surface area contributed by atoms with Crippen molar-refractivity contribution in [2.75, 3.05) is 0 Å². The van der Waals surface area contributed by atoms with Crippen LogP contribution in [0.2, 0.25) is 5.02 Å². The Labute approximate surface area is 148 Å². The van der Waals surface area contributed by atoms with E-state index in [0.717, 1.165) is 22.3 Å². The molecule has 0 spiro atoms. The van der Waals surface area contributed by atoms with Crippen molar-refractivity contribution in [1.82, 2.24) is 15.5 Å². The van der Waals surface area contributed by atoms with Crippen LogP contribution < -0.4 is 10.1 Å². The van der Waals surface area contributed by atoms with Crippen LogP contribution in [-0.2, 0) is 17.9 Å². The number of aromatic nitrogens is 2. The number of benzene rings is 1. The second-order valence-corrected chi connectivity index (χ2v) is 6.13. The van der Waals surface area contributed by atoms with Crippen molar-refractivity contribution >= 4 is 28.4 Å². The Bertz CT molecular complexity index is 904. The van der Waals surface area contributed by atoms with Crippen molar-refractivity contribution in [3.63, 3.8) is 0 Å². The fourth-order valence-corrected chi connectivity index (χ4v) is 2.58. The largest absolute Gasteiger partial charge is 0.484 e. The molecule has 0 unspecified atom stereocenters. The first-order valence-corrected chi connectivity index (χ1v) is 8.08. The van der Waals surface area contributed by atoms with E-state index in [4.69, 9.17) is 20.9 Å². The van der Waals surface area contributed by atoms with E-state index < -0.39 is 12.1 Å². The number of hydrogen-bond donors (Lipinski definition) is 2. The molecule has 0 saturated carbocycles. The number of alkyl halides is 1. The Morgan fingerprint density at radius 2 is 2.24 bits per heavy atom. The number of hydrogen-bond acceptors (Lipinski definition) is 4. The molecule has 8 heteroatoms. The van der Waals surface area contributed by atoms with Crippen LogP contribution in [0.1, 0.15) is 24.1 Å². The first-order chi connectivity index (χ1) is 11.9. The van der Waals surface area contributed by atoms with Gasteiger partial charge in [0.05, 0.1) is 17.3 Å². The summed E-state index contributed by atoms with van der Waals surface area (Å²) in [6.07, 6.45) is -1.54. The molecule has 2 aromatic heterocycles. The molecule has 0 radical (unpaired) electrons. The SMILES string of the molecule is Cc1cc(COc2cc3[nH]c(CNC(=O)[C@@H](C)F)cc3cc2Cl)on1. The molecule has 0 fully saturated rings. The van der Waals surface area contributed by atoms with Crippen molar-refractivity contribution in [2.45, 2.75) is 33.2 Å². The molecule has 0 saturated heterocycles. The van der Waals surface area contributed by atoms with Gasteiger partial charge in [-0.05, 0) is 26.0 Å². The molecule has 25 heavy (non-hydrogen) atoms. The molecule has 6 nitrogen and oxygen atoms in total. The zero-order chi connectivity index (χ0) is 18.0. The van der Waals surface area contributed by atoms with Crippen molar-refractivity contribution in [2.24, 2.45) is 0 Å². The highest BCUT2D eigenvalue weighted by Gasteiger charge is 2.12.